The monoisotopic (exact) mass is 199 g/mol. The van der Waals surface area contributed by atoms with E-state index >= 15 is 0 Å². The maximum atomic E-state index is 10.9. The summed E-state index contributed by atoms with van der Waals surface area (Å²) in [5.41, 5.74) is 10.7. The smallest absolute Gasteiger partial charge is 0.220 e. The molecule has 0 aromatic carbocycles. The van der Waals surface area contributed by atoms with Gasteiger partial charge >= 0.3 is 0 Å². The molecule has 1 fully saturated rings. The molecule has 1 amide bonds. The summed E-state index contributed by atoms with van der Waals surface area (Å²) in [6.45, 7) is 3.91. The summed E-state index contributed by atoms with van der Waals surface area (Å²) in [7, 11) is 0. The van der Waals surface area contributed by atoms with Gasteiger partial charge in [-0.05, 0) is 51.9 Å². The molecule has 4 nitrogen and oxygen atoms in total. The van der Waals surface area contributed by atoms with Crippen LogP contribution in [-0.2, 0) is 4.79 Å². The second kappa shape index (κ2) is 5.98. The molecule has 82 valence electrons. The number of unbranched alkanes of at least 4 members (excludes halogenated alkanes) is 1. The average molecular weight is 199 g/mol. The Morgan fingerprint density at radius 2 is 1.93 bits per heavy atom. The zero-order chi connectivity index (χ0) is 10.4. The van der Waals surface area contributed by atoms with Crippen LogP contribution in [-0.4, -0.2) is 37.0 Å². The number of likely N-dealkylation sites (tertiary alicyclic amines) is 1. The van der Waals surface area contributed by atoms with Crippen molar-refractivity contribution in [2.24, 2.45) is 17.4 Å². The highest BCUT2D eigenvalue weighted by molar-refractivity contribution is 5.76. The first kappa shape index (κ1) is 11.5. The first-order chi connectivity index (χ1) is 6.74. The standard InChI is InChI=1S/C10H21N3O/c11-5-1-2-6-13-7-3-9(4-8-13)10(12)14/h9H,1-8,11H2,(H2,12,14). The largest absolute Gasteiger partial charge is 0.369 e. The number of hydrogen-bond acceptors (Lipinski definition) is 3. The van der Waals surface area contributed by atoms with Gasteiger partial charge in [0, 0.05) is 5.92 Å². The van der Waals surface area contributed by atoms with Crippen molar-refractivity contribution in [1.82, 2.24) is 4.90 Å². The van der Waals surface area contributed by atoms with Crippen molar-refractivity contribution in [2.45, 2.75) is 25.7 Å². The molecule has 0 saturated carbocycles. The van der Waals surface area contributed by atoms with Gasteiger partial charge in [-0.2, -0.15) is 0 Å². The molecule has 1 aliphatic rings. The molecule has 0 spiro atoms. The number of nitrogens with zero attached hydrogens (tertiary/aromatic N) is 1. The van der Waals surface area contributed by atoms with E-state index in [-0.39, 0.29) is 11.8 Å². The summed E-state index contributed by atoms with van der Waals surface area (Å²) in [6.07, 6.45) is 4.11. The number of nitrogens with two attached hydrogens (primary N) is 2. The lowest BCUT2D eigenvalue weighted by molar-refractivity contribution is -0.123. The quantitative estimate of drug-likeness (QED) is 0.608. The van der Waals surface area contributed by atoms with Crippen molar-refractivity contribution >= 4 is 5.91 Å². The molecule has 0 radical (unpaired) electrons. The minimum atomic E-state index is -0.133. The Bertz CT molecular complexity index is 176. The fourth-order valence-electron chi connectivity index (χ4n) is 1.92. The number of rotatable bonds is 5. The van der Waals surface area contributed by atoms with E-state index in [1.807, 2.05) is 0 Å². The Balaban J connectivity index is 2.12. The molecule has 0 bridgehead atoms. The van der Waals surface area contributed by atoms with Gasteiger partial charge in [-0.15, -0.1) is 0 Å². The Labute approximate surface area is 85.6 Å². The third-order valence-electron chi connectivity index (χ3n) is 2.92. The second-order valence-corrected chi connectivity index (χ2v) is 4.01. The number of hydrogen-bond donors (Lipinski definition) is 2. The molecule has 4 heteroatoms. The highest BCUT2D eigenvalue weighted by Crippen LogP contribution is 2.16. The number of piperidine rings is 1. The lowest BCUT2D eigenvalue weighted by Gasteiger charge is -2.30. The normalized spacial score (nSPS) is 19.8. The zero-order valence-corrected chi connectivity index (χ0v) is 8.74. The molecular formula is C10H21N3O. The molecular weight excluding hydrogens is 178 g/mol. The summed E-state index contributed by atoms with van der Waals surface area (Å²) in [5, 5.41) is 0. The van der Waals surface area contributed by atoms with E-state index in [0.29, 0.717) is 0 Å². The SMILES string of the molecule is NCCCCN1CCC(C(N)=O)CC1. The number of primary amides is 1. The van der Waals surface area contributed by atoms with E-state index in [0.717, 1.165) is 51.9 Å². The van der Waals surface area contributed by atoms with Gasteiger partial charge < -0.3 is 16.4 Å². The Hall–Kier alpha value is -0.610. The topological polar surface area (TPSA) is 72.3 Å². The third-order valence-corrected chi connectivity index (χ3v) is 2.92. The molecule has 0 atom stereocenters. The van der Waals surface area contributed by atoms with Crippen LogP contribution in [0.3, 0.4) is 0 Å². The third kappa shape index (κ3) is 3.64. The highest BCUT2D eigenvalue weighted by Gasteiger charge is 2.22. The van der Waals surface area contributed by atoms with Gasteiger partial charge in [0.25, 0.3) is 0 Å². The Morgan fingerprint density at radius 3 is 2.43 bits per heavy atom. The number of carbonyl (C=O) groups is 1. The van der Waals surface area contributed by atoms with E-state index in [2.05, 4.69) is 4.90 Å². The van der Waals surface area contributed by atoms with Gasteiger partial charge in [-0.25, -0.2) is 0 Å². The fraction of sp³-hybridized carbons (Fsp3) is 0.900. The minimum absolute atomic E-state index is 0.112. The van der Waals surface area contributed by atoms with Crippen molar-refractivity contribution in [3.63, 3.8) is 0 Å². The van der Waals surface area contributed by atoms with Crippen LogP contribution in [0.25, 0.3) is 0 Å². The van der Waals surface area contributed by atoms with Gasteiger partial charge in [-0.3, -0.25) is 4.79 Å². The summed E-state index contributed by atoms with van der Waals surface area (Å²) in [4.78, 5) is 13.3. The van der Waals surface area contributed by atoms with Crippen LogP contribution in [0.4, 0.5) is 0 Å². The van der Waals surface area contributed by atoms with E-state index in [4.69, 9.17) is 11.5 Å². The minimum Gasteiger partial charge on any atom is -0.369 e. The maximum absolute atomic E-state index is 10.9. The van der Waals surface area contributed by atoms with Crippen LogP contribution in [0.15, 0.2) is 0 Å². The molecule has 4 N–H and O–H groups in total. The molecule has 1 aliphatic heterocycles. The fourth-order valence-corrected chi connectivity index (χ4v) is 1.92. The predicted octanol–water partition coefficient (Wildman–Crippen LogP) is -0.0774. The van der Waals surface area contributed by atoms with Crippen molar-refractivity contribution in [3.8, 4) is 0 Å². The lowest BCUT2D eigenvalue weighted by Crippen LogP contribution is -2.38. The van der Waals surface area contributed by atoms with Crippen molar-refractivity contribution in [1.29, 1.82) is 0 Å². The Morgan fingerprint density at radius 1 is 1.29 bits per heavy atom. The van der Waals surface area contributed by atoms with Crippen LogP contribution in [0.1, 0.15) is 25.7 Å². The molecule has 0 aromatic rings. The average Bonchev–Trinajstić information content (AvgIpc) is 2.19. The van der Waals surface area contributed by atoms with Gasteiger partial charge in [-0.1, -0.05) is 0 Å². The van der Waals surface area contributed by atoms with Gasteiger partial charge in [0.1, 0.15) is 0 Å². The van der Waals surface area contributed by atoms with Crippen molar-refractivity contribution in [2.75, 3.05) is 26.2 Å². The highest BCUT2D eigenvalue weighted by atomic mass is 16.1. The number of amides is 1. The summed E-state index contributed by atoms with van der Waals surface area (Å²) in [6, 6.07) is 0. The lowest BCUT2D eigenvalue weighted by atomic mass is 9.96. The molecule has 14 heavy (non-hydrogen) atoms. The van der Waals surface area contributed by atoms with E-state index in [1.165, 1.54) is 0 Å². The van der Waals surface area contributed by atoms with E-state index in [1.54, 1.807) is 0 Å². The van der Waals surface area contributed by atoms with Gasteiger partial charge in [0.15, 0.2) is 0 Å². The van der Waals surface area contributed by atoms with Gasteiger partial charge in [0.2, 0.25) is 5.91 Å². The summed E-state index contributed by atoms with van der Waals surface area (Å²) < 4.78 is 0. The van der Waals surface area contributed by atoms with Crippen LogP contribution in [0.2, 0.25) is 0 Å². The van der Waals surface area contributed by atoms with Gasteiger partial charge in [0.05, 0.1) is 0 Å². The maximum Gasteiger partial charge on any atom is 0.220 e. The van der Waals surface area contributed by atoms with E-state index in [9.17, 15) is 4.79 Å². The van der Waals surface area contributed by atoms with Crippen molar-refractivity contribution in [3.05, 3.63) is 0 Å². The summed E-state index contributed by atoms with van der Waals surface area (Å²) >= 11 is 0. The first-order valence-corrected chi connectivity index (χ1v) is 5.45. The zero-order valence-electron chi connectivity index (χ0n) is 8.74. The first-order valence-electron chi connectivity index (χ1n) is 5.45. The van der Waals surface area contributed by atoms with Crippen LogP contribution >= 0.6 is 0 Å². The Kier molecular flexibility index (Phi) is 4.90. The summed E-state index contributed by atoms with van der Waals surface area (Å²) in [5.74, 6) is -0.0210. The molecule has 0 aromatic heterocycles. The van der Waals surface area contributed by atoms with Crippen LogP contribution in [0.5, 0.6) is 0 Å². The van der Waals surface area contributed by atoms with Crippen molar-refractivity contribution < 1.29 is 4.79 Å². The van der Waals surface area contributed by atoms with Crippen LogP contribution in [0, 0.1) is 5.92 Å². The van der Waals surface area contributed by atoms with E-state index < -0.39 is 0 Å². The predicted molar refractivity (Wildman–Crippen MR) is 56.6 cm³/mol. The second-order valence-electron chi connectivity index (χ2n) is 4.01. The molecule has 1 saturated heterocycles. The molecule has 1 heterocycles. The molecule has 0 aliphatic carbocycles. The van der Waals surface area contributed by atoms with Crippen LogP contribution < -0.4 is 11.5 Å². The molecule has 1 rings (SSSR count). The molecule has 0 unspecified atom stereocenters. The number of carbonyl (C=O) groups excluding carboxylic acids is 1.